The van der Waals surface area contributed by atoms with Gasteiger partial charge >= 0.3 is 11.9 Å². The SMILES string of the molecule is COC(=O)[C@@]12CC(=O)[C@H](C(C)C)CC(=O)[C@H](C)CCC[C@H](C)CC(=O)[C@H]1CC(C)=C1C[C@H](OC(C)=O)[C@](C)(O)[C@H]3CC[C@@](C)(O)[C@@H](CCC(C)=C[C@@H]12)O3. The summed E-state index contributed by atoms with van der Waals surface area (Å²) in [6, 6.07) is 0. The Hall–Kier alpha value is -2.69. The molecule has 11 atom stereocenters. The van der Waals surface area contributed by atoms with E-state index in [4.69, 9.17) is 14.2 Å². The zero-order chi connectivity index (χ0) is 39.6. The van der Waals surface area contributed by atoms with Gasteiger partial charge in [-0.15, -0.1) is 0 Å². The van der Waals surface area contributed by atoms with Crippen molar-refractivity contribution < 1.29 is 48.4 Å². The lowest BCUT2D eigenvalue weighted by Crippen LogP contribution is -2.60. The topological polar surface area (TPSA) is 154 Å². The molecule has 0 aromatic rings. The molecule has 1 saturated heterocycles. The molecule has 2 aliphatic heterocycles. The third-order valence-electron chi connectivity index (χ3n) is 13.3. The van der Waals surface area contributed by atoms with Crippen LogP contribution in [0.4, 0.5) is 0 Å². The zero-order valence-corrected chi connectivity index (χ0v) is 33.9. The van der Waals surface area contributed by atoms with Gasteiger partial charge in [0.2, 0.25) is 0 Å². The molecule has 0 amide bonds. The molecule has 2 fully saturated rings. The maximum atomic E-state index is 14.8. The second-order valence-electron chi connectivity index (χ2n) is 17.9. The fourth-order valence-corrected chi connectivity index (χ4v) is 9.72. The van der Waals surface area contributed by atoms with Crippen LogP contribution in [0.15, 0.2) is 22.8 Å². The lowest BCUT2D eigenvalue weighted by molar-refractivity contribution is -0.239. The van der Waals surface area contributed by atoms with Crippen molar-refractivity contribution in [1.82, 2.24) is 0 Å². The molecule has 1 saturated carbocycles. The van der Waals surface area contributed by atoms with Crippen LogP contribution in [0, 0.1) is 40.9 Å². The fourth-order valence-electron chi connectivity index (χ4n) is 9.72. The average molecular weight is 743 g/mol. The summed E-state index contributed by atoms with van der Waals surface area (Å²) < 4.78 is 18.0. The highest BCUT2D eigenvalue weighted by Crippen LogP contribution is 2.56. The van der Waals surface area contributed by atoms with Gasteiger partial charge in [-0.1, -0.05) is 63.3 Å². The maximum absolute atomic E-state index is 14.8. The van der Waals surface area contributed by atoms with Crippen molar-refractivity contribution in [3.63, 3.8) is 0 Å². The summed E-state index contributed by atoms with van der Waals surface area (Å²) in [7, 11) is 1.28. The number of allylic oxidation sites excluding steroid dienone is 3. The number of carbonyl (C=O) groups excluding carboxylic acids is 5. The van der Waals surface area contributed by atoms with Crippen molar-refractivity contribution in [3.05, 3.63) is 22.8 Å². The smallest absolute Gasteiger partial charge is 0.313 e. The van der Waals surface area contributed by atoms with Crippen molar-refractivity contribution in [2.45, 2.75) is 169 Å². The monoisotopic (exact) mass is 742 g/mol. The largest absolute Gasteiger partial charge is 0.469 e. The summed E-state index contributed by atoms with van der Waals surface area (Å²) in [5.41, 5.74) is -2.12. The van der Waals surface area contributed by atoms with E-state index in [2.05, 4.69) is 0 Å². The van der Waals surface area contributed by atoms with Crippen LogP contribution in [-0.2, 0) is 38.2 Å². The van der Waals surface area contributed by atoms with E-state index in [0.29, 0.717) is 37.7 Å². The number of ketones is 3. The molecule has 0 radical (unpaired) electrons. The minimum absolute atomic E-state index is 0.00267. The van der Waals surface area contributed by atoms with Gasteiger partial charge < -0.3 is 24.4 Å². The summed E-state index contributed by atoms with van der Waals surface area (Å²) in [5.74, 6) is -4.42. The first-order chi connectivity index (χ1) is 24.6. The molecule has 0 unspecified atom stereocenters. The van der Waals surface area contributed by atoms with E-state index in [1.165, 1.54) is 14.0 Å². The number of rotatable bonds is 3. The maximum Gasteiger partial charge on any atom is 0.313 e. The molecule has 0 aromatic carbocycles. The molecule has 53 heavy (non-hydrogen) atoms. The molecule has 10 nitrogen and oxygen atoms in total. The van der Waals surface area contributed by atoms with E-state index in [-0.39, 0.29) is 67.2 Å². The Labute approximate surface area is 316 Å². The molecular weight excluding hydrogens is 676 g/mol. The number of carbonyl (C=O) groups is 5. The van der Waals surface area contributed by atoms with Crippen molar-refractivity contribution in [2.75, 3.05) is 7.11 Å². The fraction of sp³-hybridized carbons (Fsp3) is 0.791. The summed E-state index contributed by atoms with van der Waals surface area (Å²) in [4.78, 5) is 70.5. The first-order valence-electron chi connectivity index (χ1n) is 19.9. The highest BCUT2D eigenvalue weighted by Gasteiger charge is 2.60. The van der Waals surface area contributed by atoms with E-state index in [1.54, 1.807) is 13.8 Å². The Balaban J connectivity index is 2.02. The van der Waals surface area contributed by atoms with Gasteiger partial charge in [-0.25, -0.2) is 0 Å². The predicted octanol–water partition coefficient (Wildman–Crippen LogP) is 6.82. The number of hydrogen-bond donors (Lipinski definition) is 2. The van der Waals surface area contributed by atoms with E-state index < -0.39 is 64.6 Å². The van der Waals surface area contributed by atoms with Crippen LogP contribution in [0.3, 0.4) is 0 Å². The zero-order valence-electron chi connectivity index (χ0n) is 33.9. The molecule has 0 aromatic heterocycles. The third kappa shape index (κ3) is 9.24. The van der Waals surface area contributed by atoms with E-state index in [1.807, 2.05) is 47.6 Å². The quantitative estimate of drug-likeness (QED) is 0.233. The number of methoxy groups -OCH3 is 1. The summed E-state index contributed by atoms with van der Waals surface area (Å²) in [6.45, 7) is 16.2. The van der Waals surface area contributed by atoms with Crippen LogP contribution in [-0.4, -0.2) is 76.1 Å². The number of fused-ring (bicyclic) bond motifs is 5. The lowest BCUT2D eigenvalue weighted by atomic mass is 9.53. The molecule has 10 heteroatoms. The molecular formula is C43H66O10. The Bertz CT molecular complexity index is 1470. The van der Waals surface area contributed by atoms with Gasteiger partial charge in [-0.05, 0) is 78.1 Å². The number of ether oxygens (including phenoxy) is 3. The van der Waals surface area contributed by atoms with E-state index in [9.17, 15) is 34.2 Å². The minimum Gasteiger partial charge on any atom is -0.469 e. The third-order valence-corrected chi connectivity index (χ3v) is 13.3. The highest BCUT2D eigenvalue weighted by molar-refractivity contribution is 5.97. The highest BCUT2D eigenvalue weighted by atomic mass is 16.6. The molecule has 2 aliphatic carbocycles. The number of Topliss-reactive ketones (excluding diaryl/α,β-unsaturated/α-hetero) is 3. The van der Waals surface area contributed by atoms with Gasteiger partial charge in [0.25, 0.3) is 0 Å². The average Bonchev–Trinajstić information content (AvgIpc) is 3.06. The van der Waals surface area contributed by atoms with Gasteiger partial charge in [-0.2, -0.15) is 0 Å². The minimum atomic E-state index is -1.70. The molecule has 4 rings (SSSR count). The van der Waals surface area contributed by atoms with Crippen molar-refractivity contribution in [1.29, 1.82) is 0 Å². The summed E-state index contributed by atoms with van der Waals surface area (Å²) in [5, 5.41) is 23.7. The molecule has 298 valence electrons. The van der Waals surface area contributed by atoms with Gasteiger partial charge in [0.15, 0.2) is 0 Å². The van der Waals surface area contributed by atoms with Crippen LogP contribution < -0.4 is 0 Å². The normalized spacial score (nSPS) is 39.8. The number of hydrogen-bond acceptors (Lipinski definition) is 10. The van der Waals surface area contributed by atoms with Crippen LogP contribution in [0.2, 0.25) is 0 Å². The van der Waals surface area contributed by atoms with Crippen molar-refractivity contribution in [3.8, 4) is 0 Å². The molecule has 2 N–H and O–H groups in total. The first kappa shape index (κ1) is 43.0. The Morgan fingerprint density at radius 1 is 0.906 bits per heavy atom. The van der Waals surface area contributed by atoms with Crippen molar-refractivity contribution >= 4 is 29.3 Å². The van der Waals surface area contributed by atoms with Crippen LogP contribution >= 0.6 is 0 Å². The van der Waals surface area contributed by atoms with Crippen LogP contribution in [0.25, 0.3) is 0 Å². The van der Waals surface area contributed by atoms with Gasteiger partial charge in [-0.3, -0.25) is 24.0 Å². The molecule has 0 spiro atoms. The van der Waals surface area contributed by atoms with E-state index in [0.717, 1.165) is 24.0 Å². The van der Waals surface area contributed by atoms with Gasteiger partial charge in [0.05, 0.1) is 30.3 Å². The van der Waals surface area contributed by atoms with Crippen LogP contribution in [0.5, 0.6) is 0 Å². The first-order valence-corrected chi connectivity index (χ1v) is 19.9. The van der Waals surface area contributed by atoms with Gasteiger partial charge in [0, 0.05) is 56.3 Å². The number of esters is 2. The van der Waals surface area contributed by atoms with Crippen molar-refractivity contribution in [2.24, 2.45) is 40.9 Å². The lowest BCUT2D eigenvalue weighted by Gasteiger charge is -2.51. The molecule has 2 heterocycles. The second-order valence-corrected chi connectivity index (χ2v) is 17.9. The second kappa shape index (κ2) is 17.0. The van der Waals surface area contributed by atoms with E-state index >= 15 is 0 Å². The van der Waals surface area contributed by atoms with Crippen LogP contribution in [0.1, 0.15) is 139 Å². The summed E-state index contributed by atoms with van der Waals surface area (Å²) >= 11 is 0. The molecule has 4 aliphatic rings. The van der Waals surface area contributed by atoms with Gasteiger partial charge in [0.1, 0.15) is 29.1 Å². The summed E-state index contributed by atoms with van der Waals surface area (Å²) in [6.07, 6.45) is 3.43. The Morgan fingerprint density at radius 2 is 1.58 bits per heavy atom. The molecule has 2 bridgehead atoms. The number of aliphatic hydroxyl groups is 2. The standard InChI is InChI=1S/C43H66O10/c1-24(2)30-21-34(45)27(5)13-11-12-25(3)19-35(46)33-20-28(6)31-22-39(52-29(7)44)42(9,50)38-16-17-41(8,49)37(53-38)15-14-26(4)18-32(31)43(33,23-36(30)47)40(48)51-10/h18,24-25,27,30,32-33,37-39,49-50H,11-17,19-23H2,1-10H3/t25-,27+,30-,32-,33+,37+,38+,39-,41+,42+,43+/m0/s1. The predicted molar refractivity (Wildman–Crippen MR) is 200 cm³/mol. The Morgan fingerprint density at radius 3 is 2.21 bits per heavy atom. The Kier molecular flexibility index (Phi) is 13.8.